The van der Waals surface area contributed by atoms with Crippen molar-refractivity contribution in [1.29, 1.82) is 0 Å². The van der Waals surface area contributed by atoms with Gasteiger partial charge in [0.2, 0.25) is 5.91 Å². The summed E-state index contributed by atoms with van der Waals surface area (Å²) in [5.41, 5.74) is 6.47. The molecular weight excluding hydrogens is 496 g/mol. The molecule has 1 aromatic carbocycles. The van der Waals surface area contributed by atoms with Crippen molar-refractivity contribution in [2.75, 3.05) is 39.4 Å². The van der Waals surface area contributed by atoms with E-state index in [9.17, 15) is 19.2 Å². The van der Waals surface area contributed by atoms with E-state index in [1.165, 1.54) is 4.90 Å². The highest BCUT2D eigenvalue weighted by Gasteiger charge is 2.29. The summed E-state index contributed by atoms with van der Waals surface area (Å²) in [7, 11) is 0. The Morgan fingerprint density at radius 3 is 2.34 bits per heavy atom. The quantitative estimate of drug-likeness (QED) is 0.102. The van der Waals surface area contributed by atoms with Crippen LogP contribution in [0.1, 0.15) is 54.9 Å². The zero-order chi connectivity index (χ0) is 27.7. The largest absolute Gasteiger partial charge is 0.465 e. The van der Waals surface area contributed by atoms with E-state index < -0.39 is 18.0 Å². The molecule has 2 aliphatic heterocycles. The average molecular weight is 533 g/mol. The molecule has 12 nitrogen and oxygen atoms in total. The van der Waals surface area contributed by atoms with Crippen LogP contribution in [0.4, 0.5) is 4.79 Å². The Bertz CT molecular complexity index is 1020. The van der Waals surface area contributed by atoms with E-state index >= 15 is 0 Å². The molecule has 0 aliphatic carbocycles. The number of esters is 1. The minimum Gasteiger partial charge on any atom is -0.465 e. The number of piperidine rings is 2. The minimum atomic E-state index is -0.957. The summed E-state index contributed by atoms with van der Waals surface area (Å²) >= 11 is 0. The second-order valence-corrected chi connectivity index (χ2v) is 9.85. The molecule has 0 aromatic heterocycles. The second-order valence-electron chi connectivity index (χ2n) is 9.85. The van der Waals surface area contributed by atoms with E-state index in [0.717, 1.165) is 12.8 Å². The molecule has 208 valence electrons. The highest BCUT2D eigenvalue weighted by atomic mass is 16.6. The summed E-state index contributed by atoms with van der Waals surface area (Å²) in [6, 6.07) is 6.33. The summed E-state index contributed by atoms with van der Waals surface area (Å²) in [4.78, 5) is 51.8. The number of amidine groups is 1. The smallest absolute Gasteiger partial charge is 0.407 e. The van der Waals surface area contributed by atoms with E-state index in [1.54, 1.807) is 36.1 Å². The number of carboxylic acid groups (broad SMARTS) is 1. The number of nitrogens with zero attached hydrogens (tertiary/aromatic N) is 3. The van der Waals surface area contributed by atoms with Gasteiger partial charge in [-0.2, -0.15) is 0 Å². The maximum absolute atomic E-state index is 12.9. The predicted molar refractivity (Wildman–Crippen MR) is 136 cm³/mol. The number of ether oxygens (including phenoxy) is 2. The highest BCUT2D eigenvalue weighted by Crippen LogP contribution is 2.20. The Kier molecular flexibility index (Phi) is 10.5. The molecule has 4 N–H and O–H groups in total. The molecule has 0 unspecified atom stereocenters. The van der Waals surface area contributed by atoms with Crippen molar-refractivity contribution in [3.05, 3.63) is 35.4 Å². The normalized spacial score (nSPS) is 19.6. The Morgan fingerprint density at radius 1 is 1.05 bits per heavy atom. The van der Waals surface area contributed by atoms with Crippen LogP contribution in [0.15, 0.2) is 29.4 Å². The Morgan fingerprint density at radius 2 is 1.71 bits per heavy atom. The molecule has 2 aliphatic rings. The van der Waals surface area contributed by atoms with Crippen molar-refractivity contribution in [2.45, 2.75) is 45.1 Å². The lowest BCUT2D eigenvalue weighted by molar-refractivity contribution is -0.155. The number of ketones is 1. The molecule has 0 spiro atoms. The SMILES string of the molecule is C[C@H](CC(=O)c1ccc(/C(N)=N/O)cc1)C(=O)N1CCC(OCC(=O)OC[C@H]2CCCN(C(=O)O)C2)CC1. The van der Waals surface area contributed by atoms with Crippen LogP contribution in [0, 0.1) is 11.8 Å². The molecule has 0 saturated carbocycles. The lowest BCUT2D eigenvalue weighted by atomic mass is 9.96. The topological polar surface area (TPSA) is 172 Å². The van der Waals surface area contributed by atoms with E-state index in [4.69, 9.17) is 25.5 Å². The number of hydrogen-bond acceptors (Lipinski definition) is 8. The van der Waals surface area contributed by atoms with Crippen LogP contribution < -0.4 is 5.73 Å². The van der Waals surface area contributed by atoms with Crippen molar-refractivity contribution in [1.82, 2.24) is 9.80 Å². The molecule has 0 bridgehead atoms. The van der Waals surface area contributed by atoms with Crippen LogP contribution in [0.3, 0.4) is 0 Å². The van der Waals surface area contributed by atoms with Crippen LogP contribution >= 0.6 is 0 Å². The average Bonchev–Trinajstić information content (AvgIpc) is 2.94. The van der Waals surface area contributed by atoms with Crippen LogP contribution in [0.2, 0.25) is 0 Å². The second kappa shape index (κ2) is 13.8. The lowest BCUT2D eigenvalue weighted by Gasteiger charge is -2.33. The maximum atomic E-state index is 12.9. The van der Waals surface area contributed by atoms with E-state index in [2.05, 4.69) is 5.16 Å². The van der Waals surface area contributed by atoms with Crippen LogP contribution in [-0.4, -0.2) is 95.2 Å². The fourth-order valence-corrected chi connectivity index (χ4v) is 4.74. The number of benzene rings is 1. The first-order chi connectivity index (χ1) is 18.2. The van der Waals surface area contributed by atoms with Gasteiger partial charge in [-0.25, -0.2) is 9.59 Å². The van der Waals surface area contributed by atoms with Crippen molar-refractivity contribution in [3.63, 3.8) is 0 Å². The van der Waals surface area contributed by atoms with Crippen LogP contribution in [0.5, 0.6) is 0 Å². The van der Waals surface area contributed by atoms with E-state index in [0.29, 0.717) is 50.1 Å². The Hall–Kier alpha value is -3.67. The van der Waals surface area contributed by atoms with Gasteiger partial charge in [0.1, 0.15) is 6.61 Å². The van der Waals surface area contributed by atoms with Gasteiger partial charge in [-0.15, -0.1) is 0 Å². The highest BCUT2D eigenvalue weighted by molar-refractivity contribution is 6.01. The number of amides is 2. The minimum absolute atomic E-state index is 0.00852. The van der Waals surface area contributed by atoms with Gasteiger partial charge in [-0.05, 0) is 25.7 Å². The van der Waals surface area contributed by atoms with Gasteiger partial charge in [0, 0.05) is 55.6 Å². The van der Waals surface area contributed by atoms with Gasteiger partial charge in [-0.1, -0.05) is 36.3 Å². The first kappa shape index (κ1) is 28.9. The standard InChI is InChI=1S/C26H36N4O8/c1-17(13-22(31)19-4-6-20(7-5-19)24(27)28-36)25(33)29-11-8-21(9-12-29)37-16-23(32)38-15-18-3-2-10-30(14-18)26(34)35/h4-7,17-18,21,36H,2-3,8-16H2,1H3,(H2,27,28)(H,34,35)/t17-,18+/m1/s1. The third kappa shape index (κ3) is 8.17. The molecule has 2 fully saturated rings. The molecule has 2 amide bonds. The van der Waals surface area contributed by atoms with E-state index in [1.807, 2.05) is 0 Å². The summed E-state index contributed by atoms with van der Waals surface area (Å²) in [6.07, 6.45) is 1.65. The first-order valence-electron chi connectivity index (χ1n) is 12.8. The maximum Gasteiger partial charge on any atom is 0.407 e. The number of carbonyl (C=O) groups excluding carboxylic acids is 3. The third-order valence-corrected chi connectivity index (χ3v) is 6.98. The predicted octanol–water partition coefficient (Wildman–Crippen LogP) is 1.93. The Labute approximate surface area is 221 Å². The molecule has 2 atom stereocenters. The lowest BCUT2D eigenvalue weighted by Crippen LogP contribution is -2.44. The van der Waals surface area contributed by atoms with Gasteiger partial charge in [0.25, 0.3) is 0 Å². The number of rotatable bonds is 10. The van der Waals surface area contributed by atoms with Crippen LogP contribution in [-0.2, 0) is 19.1 Å². The monoisotopic (exact) mass is 532 g/mol. The fourth-order valence-electron chi connectivity index (χ4n) is 4.74. The zero-order valence-corrected chi connectivity index (χ0v) is 21.6. The number of nitrogens with two attached hydrogens (primary N) is 1. The molecule has 0 radical (unpaired) electrons. The zero-order valence-electron chi connectivity index (χ0n) is 21.6. The fraction of sp³-hybridized carbons (Fsp3) is 0.577. The number of likely N-dealkylation sites (tertiary alicyclic amines) is 2. The van der Waals surface area contributed by atoms with Crippen molar-refractivity contribution >= 4 is 29.6 Å². The molecule has 2 saturated heterocycles. The third-order valence-electron chi connectivity index (χ3n) is 6.98. The van der Waals surface area contributed by atoms with Crippen LogP contribution in [0.25, 0.3) is 0 Å². The summed E-state index contributed by atoms with van der Waals surface area (Å²) in [5, 5.41) is 20.8. The summed E-state index contributed by atoms with van der Waals surface area (Å²) in [5.74, 6) is -1.31. The molecule has 3 rings (SSSR count). The number of carbonyl (C=O) groups is 4. The Balaban J connectivity index is 1.35. The van der Waals surface area contributed by atoms with Crippen molar-refractivity contribution < 1.29 is 39.0 Å². The van der Waals surface area contributed by atoms with Crippen molar-refractivity contribution in [2.24, 2.45) is 22.7 Å². The number of Topliss-reactive ketones (excluding diaryl/α,β-unsaturated/α-hetero) is 1. The van der Waals surface area contributed by atoms with E-state index in [-0.39, 0.29) is 49.2 Å². The molecular formula is C26H36N4O8. The van der Waals surface area contributed by atoms with Gasteiger partial charge in [0.15, 0.2) is 11.6 Å². The molecule has 1 aromatic rings. The molecule has 38 heavy (non-hydrogen) atoms. The van der Waals surface area contributed by atoms with Gasteiger partial charge >= 0.3 is 12.1 Å². The van der Waals surface area contributed by atoms with Crippen molar-refractivity contribution in [3.8, 4) is 0 Å². The van der Waals surface area contributed by atoms with Gasteiger partial charge in [0.05, 0.1) is 12.7 Å². The molecule has 2 heterocycles. The van der Waals surface area contributed by atoms with Gasteiger partial charge < -0.3 is 35.3 Å². The van der Waals surface area contributed by atoms with Gasteiger partial charge in [-0.3, -0.25) is 9.59 Å². The summed E-state index contributed by atoms with van der Waals surface area (Å²) in [6.45, 7) is 3.52. The summed E-state index contributed by atoms with van der Waals surface area (Å²) < 4.78 is 11.0. The number of oxime groups is 1. The molecule has 12 heteroatoms. The first-order valence-corrected chi connectivity index (χ1v) is 12.8. The number of hydrogen-bond donors (Lipinski definition) is 3.